The van der Waals surface area contributed by atoms with Crippen molar-refractivity contribution in [1.29, 1.82) is 0 Å². The van der Waals surface area contributed by atoms with Gasteiger partial charge in [-0.3, -0.25) is 14.5 Å². The molecule has 0 fully saturated rings. The number of amides is 1. The molecule has 1 aliphatic heterocycles. The number of carbonyl (C=O) groups excluding carboxylic acids is 1. The van der Waals surface area contributed by atoms with Gasteiger partial charge in [0.2, 0.25) is 0 Å². The van der Waals surface area contributed by atoms with E-state index >= 15 is 0 Å². The molecule has 1 unspecified atom stereocenters. The van der Waals surface area contributed by atoms with Crippen molar-refractivity contribution in [2.75, 3.05) is 11.8 Å². The van der Waals surface area contributed by atoms with Crippen LogP contribution in [0.5, 0.6) is 5.75 Å². The van der Waals surface area contributed by atoms with Gasteiger partial charge in [0.15, 0.2) is 4.90 Å². The lowest BCUT2D eigenvalue weighted by Gasteiger charge is -2.22. The Morgan fingerprint density at radius 2 is 1.67 bits per heavy atom. The van der Waals surface area contributed by atoms with Crippen LogP contribution in [0.1, 0.15) is 33.9 Å². The van der Waals surface area contributed by atoms with Crippen LogP contribution in [-0.4, -0.2) is 37.1 Å². The summed E-state index contributed by atoms with van der Waals surface area (Å²) >= 11 is 0. The quantitative estimate of drug-likeness (QED) is 0.344. The van der Waals surface area contributed by atoms with Crippen LogP contribution in [-0.2, 0) is 10.0 Å². The molecule has 0 saturated carbocycles. The van der Waals surface area contributed by atoms with Crippen molar-refractivity contribution in [3.05, 3.63) is 120 Å². The van der Waals surface area contributed by atoms with Gasteiger partial charge in [0.1, 0.15) is 17.4 Å². The van der Waals surface area contributed by atoms with Crippen LogP contribution in [0.3, 0.4) is 0 Å². The smallest absolute Gasteiger partial charge is 0.276 e. The lowest BCUT2D eigenvalue weighted by Crippen LogP contribution is -2.27. The molecule has 39 heavy (non-hydrogen) atoms. The monoisotopic (exact) mass is 548 g/mol. The zero-order valence-electron chi connectivity index (χ0n) is 20.6. The summed E-state index contributed by atoms with van der Waals surface area (Å²) in [5.41, 5.74) is 2.59. The number of nitrogens with zero attached hydrogens (tertiary/aromatic N) is 3. The van der Waals surface area contributed by atoms with E-state index in [4.69, 9.17) is 4.74 Å². The van der Waals surface area contributed by atoms with E-state index in [-0.39, 0.29) is 11.6 Å². The Hall–Kier alpha value is -4.64. The Kier molecular flexibility index (Phi) is 7.07. The standard InChI is InChI=1S/C28H22F2N4O4S/c1-38-22-13-9-19(10-14-22)26-16-25(32-34(26)28(35)20-4-3-15-31-17-20)18-7-11-21(12-8-18)33-39(36,37)27-23(29)5-2-6-24(27)30/h2-15,17,26,33H,16H2,1H3. The number of rotatable bonds is 7. The zero-order valence-corrected chi connectivity index (χ0v) is 21.4. The number of benzene rings is 3. The van der Waals surface area contributed by atoms with Gasteiger partial charge in [0.25, 0.3) is 15.9 Å². The third kappa shape index (κ3) is 5.34. The summed E-state index contributed by atoms with van der Waals surface area (Å²) in [6, 6.07) is 19.3. The average Bonchev–Trinajstić information content (AvgIpc) is 3.38. The van der Waals surface area contributed by atoms with Gasteiger partial charge in [-0.1, -0.05) is 30.3 Å². The molecule has 8 nitrogen and oxygen atoms in total. The van der Waals surface area contributed by atoms with E-state index < -0.39 is 32.6 Å². The fraction of sp³-hybridized carbons (Fsp3) is 0.107. The number of anilines is 1. The van der Waals surface area contributed by atoms with Crippen molar-refractivity contribution < 1.29 is 26.7 Å². The highest BCUT2D eigenvalue weighted by Gasteiger charge is 2.34. The van der Waals surface area contributed by atoms with Crippen molar-refractivity contribution in [3.63, 3.8) is 0 Å². The minimum atomic E-state index is -4.51. The van der Waals surface area contributed by atoms with Crippen molar-refractivity contribution in [1.82, 2.24) is 9.99 Å². The number of aromatic nitrogens is 1. The molecule has 3 aromatic carbocycles. The van der Waals surface area contributed by atoms with Gasteiger partial charge >= 0.3 is 0 Å². The molecule has 2 heterocycles. The number of hydrogen-bond acceptors (Lipinski definition) is 6. The molecular weight excluding hydrogens is 526 g/mol. The molecule has 1 N–H and O–H groups in total. The Morgan fingerprint density at radius 3 is 2.28 bits per heavy atom. The third-order valence-corrected chi connectivity index (χ3v) is 7.62. The molecule has 0 saturated heterocycles. The van der Waals surface area contributed by atoms with E-state index in [0.717, 1.165) is 23.8 Å². The first-order chi connectivity index (χ1) is 18.8. The Labute approximate surface area is 223 Å². The van der Waals surface area contributed by atoms with Crippen LogP contribution in [0, 0.1) is 11.6 Å². The highest BCUT2D eigenvalue weighted by molar-refractivity contribution is 7.92. The van der Waals surface area contributed by atoms with E-state index in [9.17, 15) is 22.0 Å². The average molecular weight is 549 g/mol. The molecule has 0 aliphatic carbocycles. The van der Waals surface area contributed by atoms with E-state index in [1.807, 2.05) is 12.1 Å². The van der Waals surface area contributed by atoms with Crippen LogP contribution in [0.4, 0.5) is 14.5 Å². The van der Waals surface area contributed by atoms with Crippen LogP contribution < -0.4 is 9.46 Å². The fourth-order valence-corrected chi connectivity index (χ4v) is 5.45. The number of ether oxygens (including phenoxy) is 1. The van der Waals surface area contributed by atoms with E-state index in [0.29, 0.717) is 29.0 Å². The SMILES string of the molecule is COc1ccc(C2CC(c3ccc(NS(=O)(=O)c4c(F)cccc4F)cc3)=NN2C(=O)c2cccnc2)cc1. The maximum atomic E-state index is 14.0. The van der Waals surface area contributed by atoms with Crippen LogP contribution in [0.25, 0.3) is 0 Å². The van der Waals surface area contributed by atoms with Gasteiger partial charge in [0.05, 0.1) is 24.4 Å². The summed E-state index contributed by atoms with van der Waals surface area (Å²) in [6.45, 7) is 0. The summed E-state index contributed by atoms with van der Waals surface area (Å²) in [7, 11) is -2.94. The van der Waals surface area contributed by atoms with E-state index in [2.05, 4.69) is 14.8 Å². The molecule has 1 aromatic heterocycles. The summed E-state index contributed by atoms with van der Waals surface area (Å²) in [5.74, 6) is -2.03. The van der Waals surface area contributed by atoms with Gasteiger partial charge < -0.3 is 4.74 Å². The first-order valence-corrected chi connectivity index (χ1v) is 13.3. The molecular formula is C28H22F2N4O4S. The molecule has 0 spiro atoms. The largest absolute Gasteiger partial charge is 0.497 e. The van der Waals surface area contributed by atoms with Crippen molar-refractivity contribution in [3.8, 4) is 5.75 Å². The Bertz CT molecular complexity index is 1630. The normalized spacial score (nSPS) is 15.1. The van der Waals surface area contributed by atoms with Gasteiger partial charge in [-0.05, 0) is 59.7 Å². The Morgan fingerprint density at radius 1 is 0.974 bits per heavy atom. The lowest BCUT2D eigenvalue weighted by atomic mass is 9.98. The topological polar surface area (TPSA) is 101 Å². The van der Waals surface area contributed by atoms with Crippen LogP contribution in [0.2, 0.25) is 0 Å². The number of sulfonamides is 1. The van der Waals surface area contributed by atoms with Gasteiger partial charge in [-0.25, -0.2) is 22.2 Å². The molecule has 5 rings (SSSR count). The summed E-state index contributed by atoms with van der Waals surface area (Å²) < 4.78 is 60.7. The molecule has 0 radical (unpaired) electrons. The number of nitrogens with one attached hydrogen (secondary N) is 1. The number of carbonyl (C=O) groups is 1. The van der Waals surface area contributed by atoms with Crippen LogP contribution in [0.15, 0.2) is 101 Å². The molecule has 1 aliphatic rings. The highest BCUT2D eigenvalue weighted by Crippen LogP contribution is 2.35. The summed E-state index contributed by atoms with van der Waals surface area (Å²) in [6.07, 6.45) is 3.44. The van der Waals surface area contributed by atoms with Crippen LogP contribution >= 0.6 is 0 Å². The summed E-state index contributed by atoms with van der Waals surface area (Å²) in [4.78, 5) is 16.3. The minimum absolute atomic E-state index is 0.106. The lowest BCUT2D eigenvalue weighted by molar-refractivity contribution is 0.0710. The van der Waals surface area contributed by atoms with Gasteiger partial charge in [0, 0.05) is 24.5 Å². The van der Waals surface area contributed by atoms with Crippen molar-refractivity contribution in [2.24, 2.45) is 5.10 Å². The minimum Gasteiger partial charge on any atom is -0.497 e. The fourth-order valence-electron chi connectivity index (χ4n) is 4.26. The van der Waals surface area contributed by atoms with Crippen molar-refractivity contribution >= 4 is 27.3 Å². The second-order valence-corrected chi connectivity index (χ2v) is 10.3. The number of halogens is 2. The molecule has 4 aromatic rings. The first kappa shape index (κ1) is 26.0. The highest BCUT2D eigenvalue weighted by atomic mass is 32.2. The molecule has 0 bridgehead atoms. The Balaban J connectivity index is 1.42. The molecule has 198 valence electrons. The second-order valence-electron chi connectivity index (χ2n) is 8.66. The predicted molar refractivity (Wildman–Crippen MR) is 141 cm³/mol. The second kappa shape index (κ2) is 10.6. The van der Waals surface area contributed by atoms with E-state index in [1.165, 1.54) is 23.3 Å². The number of hydrazone groups is 1. The molecule has 1 atom stereocenters. The third-order valence-electron chi connectivity index (χ3n) is 6.19. The maximum absolute atomic E-state index is 14.0. The number of pyridine rings is 1. The molecule has 1 amide bonds. The van der Waals surface area contributed by atoms with Gasteiger partial charge in [-0.15, -0.1) is 0 Å². The van der Waals surface area contributed by atoms with Crippen molar-refractivity contribution in [2.45, 2.75) is 17.4 Å². The zero-order chi connectivity index (χ0) is 27.6. The number of methoxy groups -OCH3 is 1. The number of hydrogen-bond donors (Lipinski definition) is 1. The summed E-state index contributed by atoms with van der Waals surface area (Å²) in [5, 5.41) is 6.02. The van der Waals surface area contributed by atoms with Gasteiger partial charge in [-0.2, -0.15) is 5.10 Å². The maximum Gasteiger partial charge on any atom is 0.276 e. The first-order valence-electron chi connectivity index (χ1n) is 11.8. The van der Waals surface area contributed by atoms with E-state index in [1.54, 1.807) is 49.7 Å². The molecule has 11 heteroatoms. The predicted octanol–water partition coefficient (Wildman–Crippen LogP) is 5.16.